The quantitative estimate of drug-likeness (QED) is 0.753. The van der Waals surface area contributed by atoms with Crippen molar-refractivity contribution < 1.29 is 14.3 Å². The SMILES string of the molecule is C[C@]12CCC(=O)C=C1NCC1C2CC[C@@]2(C)C1CC[C@@H]2C(=O)N1CCOCC1. The van der Waals surface area contributed by atoms with Gasteiger partial charge in [0.15, 0.2) is 5.78 Å². The van der Waals surface area contributed by atoms with Crippen LogP contribution in [0.25, 0.3) is 0 Å². The fourth-order valence-electron chi connectivity index (χ4n) is 7.55. The summed E-state index contributed by atoms with van der Waals surface area (Å²) in [6.07, 6.45) is 8.10. The molecule has 5 heteroatoms. The topological polar surface area (TPSA) is 58.6 Å². The predicted octanol–water partition coefficient (Wildman–Crippen LogP) is 2.76. The first-order valence-corrected chi connectivity index (χ1v) is 11.3. The highest BCUT2D eigenvalue weighted by atomic mass is 16.5. The summed E-state index contributed by atoms with van der Waals surface area (Å²) in [4.78, 5) is 27.4. The van der Waals surface area contributed by atoms with Crippen molar-refractivity contribution in [1.82, 2.24) is 10.2 Å². The first kappa shape index (κ1) is 18.7. The number of ether oxygens (including phenoxy) is 1. The van der Waals surface area contributed by atoms with Crippen molar-refractivity contribution in [3.8, 4) is 0 Å². The summed E-state index contributed by atoms with van der Waals surface area (Å²) in [7, 11) is 0. The molecule has 0 aromatic heterocycles. The molecule has 2 saturated carbocycles. The Bertz CT molecular complexity index is 713. The lowest BCUT2D eigenvalue weighted by molar-refractivity contribution is -0.146. The average molecular weight is 387 g/mol. The number of morpholine rings is 1. The van der Waals surface area contributed by atoms with E-state index in [1.807, 2.05) is 6.08 Å². The molecule has 4 fully saturated rings. The number of nitrogens with zero attached hydrogens (tertiary/aromatic N) is 1. The summed E-state index contributed by atoms with van der Waals surface area (Å²) in [6.45, 7) is 8.62. The molecule has 28 heavy (non-hydrogen) atoms. The molecular formula is C23H34N2O3. The lowest BCUT2D eigenvalue weighted by Gasteiger charge is -2.58. The highest BCUT2D eigenvalue weighted by Crippen LogP contribution is 2.64. The van der Waals surface area contributed by atoms with Crippen LogP contribution in [0.1, 0.15) is 52.4 Å². The third kappa shape index (κ3) is 2.61. The van der Waals surface area contributed by atoms with E-state index < -0.39 is 0 Å². The van der Waals surface area contributed by atoms with Crippen LogP contribution in [0.5, 0.6) is 0 Å². The molecule has 154 valence electrons. The lowest BCUT2D eigenvalue weighted by atomic mass is 9.50. The van der Waals surface area contributed by atoms with E-state index in [-0.39, 0.29) is 22.5 Å². The van der Waals surface area contributed by atoms with Crippen molar-refractivity contribution in [2.75, 3.05) is 32.8 Å². The first-order valence-electron chi connectivity index (χ1n) is 11.3. The molecule has 2 heterocycles. The smallest absolute Gasteiger partial charge is 0.226 e. The van der Waals surface area contributed by atoms with E-state index in [4.69, 9.17) is 4.74 Å². The Morgan fingerprint density at radius 3 is 2.71 bits per heavy atom. The Labute approximate surface area is 168 Å². The Hall–Kier alpha value is -1.36. The van der Waals surface area contributed by atoms with Crippen molar-refractivity contribution in [3.63, 3.8) is 0 Å². The number of carbonyl (C=O) groups is 2. The standard InChI is InChI=1S/C23H34N2O3/c1-22-8-6-18-16(14-24-20-13-15(26)5-7-23(18,20)2)17(22)3-4-19(22)21(27)25-9-11-28-12-10-25/h13,16-19,24H,3-12,14H2,1-2H3/t16?,17?,18?,19-,22+,23-/m1/s1. The van der Waals surface area contributed by atoms with Crippen molar-refractivity contribution in [3.05, 3.63) is 11.8 Å². The first-order chi connectivity index (χ1) is 13.4. The Balaban J connectivity index is 1.39. The van der Waals surface area contributed by atoms with Crippen LogP contribution < -0.4 is 5.32 Å². The highest BCUT2D eigenvalue weighted by Gasteiger charge is 2.60. The second kappa shape index (κ2) is 6.58. The Kier molecular flexibility index (Phi) is 4.38. The van der Waals surface area contributed by atoms with Gasteiger partial charge in [-0.3, -0.25) is 9.59 Å². The average Bonchev–Trinajstić information content (AvgIpc) is 3.06. The van der Waals surface area contributed by atoms with E-state index in [0.717, 1.165) is 38.9 Å². The number of amides is 1. The van der Waals surface area contributed by atoms with Gasteiger partial charge in [-0.15, -0.1) is 0 Å². The zero-order valence-corrected chi connectivity index (χ0v) is 17.3. The summed E-state index contributed by atoms with van der Waals surface area (Å²) < 4.78 is 5.45. The molecule has 1 amide bonds. The van der Waals surface area contributed by atoms with Gasteiger partial charge in [0.25, 0.3) is 0 Å². The number of nitrogens with one attached hydrogen (secondary N) is 1. The van der Waals surface area contributed by atoms with Gasteiger partial charge >= 0.3 is 0 Å². The molecule has 0 bridgehead atoms. The van der Waals surface area contributed by atoms with Gasteiger partial charge < -0.3 is 15.0 Å². The van der Waals surface area contributed by atoms with E-state index in [9.17, 15) is 9.59 Å². The minimum absolute atomic E-state index is 0.116. The van der Waals surface area contributed by atoms with Gasteiger partial charge in [-0.25, -0.2) is 0 Å². The van der Waals surface area contributed by atoms with Gasteiger partial charge in [0.1, 0.15) is 0 Å². The minimum atomic E-state index is 0.116. The van der Waals surface area contributed by atoms with Crippen LogP contribution in [0.15, 0.2) is 11.8 Å². The number of hydrogen-bond donors (Lipinski definition) is 1. The lowest BCUT2D eigenvalue weighted by Crippen LogP contribution is -2.57. The van der Waals surface area contributed by atoms with Crippen molar-refractivity contribution in [1.29, 1.82) is 0 Å². The summed E-state index contributed by atoms with van der Waals surface area (Å²) >= 11 is 0. The Morgan fingerprint density at radius 2 is 1.93 bits per heavy atom. The molecule has 5 nitrogen and oxygen atoms in total. The molecule has 0 radical (unpaired) electrons. The van der Waals surface area contributed by atoms with Crippen molar-refractivity contribution in [2.24, 2.45) is 34.5 Å². The van der Waals surface area contributed by atoms with E-state index in [0.29, 0.717) is 43.3 Å². The van der Waals surface area contributed by atoms with Crippen LogP contribution in [0.4, 0.5) is 0 Å². The fourth-order valence-corrected chi connectivity index (χ4v) is 7.55. The van der Waals surface area contributed by atoms with Gasteiger partial charge in [0.2, 0.25) is 5.91 Å². The zero-order chi connectivity index (χ0) is 19.5. The number of hydrogen-bond acceptors (Lipinski definition) is 4. The number of carbonyl (C=O) groups excluding carboxylic acids is 2. The molecule has 2 saturated heterocycles. The third-order valence-corrected chi connectivity index (χ3v) is 9.22. The molecule has 0 aromatic rings. The molecule has 3 unspecified atom stereocenters. The molecule has 0 spiro atoms. The fraction of sp³-hybridized carbons (Fsp3) is 0.826. The molecular weight excluding hydrogens is 352 g/mol. The second-order valence-corrected chi connectivity index (χ2v) is 10.3. The van der Waals surface area contributed by atoms with Crippen LogP contribution >= 0.6 is 0 Å². The molecule has 1 N–H and O–H groups in total. The summed E-state index contributed by atoms with van der Waals surface area (Å²) in [5.74, 6) is 2.71. The second-order valence-electron chi connectivity index (χ2n) is 10.3. The van der Waals surface area contributed by atoms with Crippen LogP contribution in [0.3, 0.4) is 0 Å². The van der Waals surface area contributed by atoms with E-state index in [1.165, 1.54) is 18.5 Å². The van der Waals surface area contributed by atoms with Crippen LogP contribution in [0.2, 0.25) is 0 Å². The molecule has 5 aliphatic rings. The van der Waals surface area contributed by atoms with Crippen LogP contribution in [-0.2, 0) is 14.3 Å². The van der Waals surface area contributed by atoms with Gasteiger partial charge in [-0.05, 0) is 55.3 Å². The van der Waals surface area contributed by atoms with Crippen molar-refractivity contribution in [2.45, 2.75) is 52.4 Å². The third-order valence-electron chi connectivity index (χ3n) is 9.22. The summed E-state index contributed by atoms with van der Waals surface area (Å²) in [6, 6.07) is 0. The van der Waals surface area contributed by atoms with Gasteiger partial charge in [-0.2, -0.15) is 0 Å². The molecule has 5 rings (SSSR count). The van der Waals surface area contributed by atoms with Gasteiger partial charge in [-0.1, -0.05) is 13.8 Å². The van der Waals surface area contributed by atoms with Crippen LogP contribution in [-0.4, -0.2) is 49.4 Å². The molecule has 0 aromatic carbocycles. The maximum atomic E-state index is 13.4. The molecule has 3 aliphatic carbocycles. The number of allylic oxidation sites excluding steroid dienone is 2. The van der Waals surface area contributed by atoms with Gasteiger partial charge in [0.05, 0.1) is 13.2 Å². The van der Waals surface area contributed by atoms with Crippen molar-refractivity contribution >= 4 is 11.7 Å². The predicted molar refractivity (Wildman–Crippen MR) is 106 cm³/mol. The maximum Gasteiger partial charge on any atom is 0.226 e. The van der Waals surface area contributed by atoms with E-state index in [2.05, 4.69) is 24.1 Å². The Morgan fingerprint density at radius 1 is 1.14 bits per heavy atom. The van der Waals surface area contributed by atoms with Crippen LogP contribution in [0, 0.1) is 34.5 Å². The van der Waals surface area contributed by atoms with E-state index in [1.54, 1.807) is 0 Å². The monoisotopic (exact) mass is 386 g/mol. The number of fused-ring (bicyclic) bond motifs is 5. The largest absolute Gasteiger partial charge is 0.387 e. The van der Waals surface area contributed by atoms with Gasteiger partial charge in [0, 0.05) is 49.2 Å². The highest BCUT2D eigenvalue weighted by molar-refractivity contribution is 5.91. The minimum Gasteiger partial charge on any atom is -0.387 e. The number of piperidine rings is 1. The summed E-state index contributed by atoms with van der Waals surface area (Å²) in [5.41, 5.74) is 1.43. The summed E-state index contributed by atoms with van der Waals surface area (Å²) in [5, 5.41) is 3.66. The zero-order valence-electron chi connectivity index (χ0n) is 17.3. The molecule has 6 atom stereocenters. The van der Waals surface area contributed by atoms with E-state index >= 15 is 0 Å². The molecule has 2 aliphatic heterocycles. The normalized spacial score (nSPS) is 45.4. The number of ketones is 1. The number of rotatable bonds is 1. The maximum absolute atomic E-state index is 13.4.